The first kappa shape index (κ1) is 21.8. The van der Waals surface area contributed by atoms with E-state index in [9.17, 15) is 24.3 Å². The van der Waals surface area contributed by atoms with E-state index < -0.39 is 29.2 Å². The second kappa shape index (κ2) is 7.59. The fourth-order valence-electron chi connectivity index (χ4n) is 4.21. The highest BCUT2D eigenvalue weighted by molar-refractivity contribution is 7.14. The molecule has 4 rings (SSSR count). The molecule has 3 aliphatic heterocycles. The van der Waals surface area contributed by atoms with Gasteiger partial charge in [-0.25, -0.2) is 4.79 Å². The number of thiophene rings is 1. The molecule has 1 atom stereocenters. The standard InChI is InChI=1S/C21H27N3O6S/c1-20(2,3)30-19(28)23-8-6-21(29,7-9-23)14-10-12-11-24(18(27)16(12)31-14)13-4-5-15(25)22-17(13)26/h10,13,29H,4-9,11H2,1-3H3,(H,22,25,26). The Hall–Kier alpha value is -2.46. The number of aliphatic hydroxyl groups is 1. The van der Waals surface area contributed by atoms with Crippen LogP contribution in [0.5, 0.6) is 0 Å². The normalized spacial score (nSPS) is 23.6. The van der Waals surface area contributed by atoms with Crippen molar-refractivity contribution in [3.8, 4) is 0 Å². The van der Waals surface area contributed by atoms with Crippen molar-refractivity contribution in [1.82, 2.24) is 15.1 Å². The summed E-state index contributed by atoms with van der Waals surface area (Å²) < 4.78 is 5.40. The van der Waals surface area contributed by atoms with E-state index >= 15 is 0 Å². The topological polar surface area (TPSA) is 116 Å². The minimum Gasteiger partial charge on any atom is -0.444 e. The zero-order chi connectivity index (χ0) is 22.6. The highest BCUT2D eigenvalue weighted by atomic mass is 32.1. The minimum atomic E-state index is -1.10. The number of hydrogen-bond acceptors (Lipinski definition) is 7. The molecule has 0 bridgehead atoms. The molecule has 4 amide bonds. The third-order valence-corrected chi connectivity index (χ3v) is 7.25. The van der Waals surface area contributed by atoms with Gasteiger partial charge in [-0.15, -0.1) is 11.3 Å². The molecule has 0 radical (unpaired) electrons. The van der Waals surface area contributed by atoms with Crippen LogP contribution in [0.2, 0.25) is 0 Å². The molecule has 9 nitrogen and oxygen atoms in total. The summed E-state index contributed by atoms with van der Waals surface area (Å²) in [5.41, 5.74) is -0.890. The fourth-order valence-corrected chi connectivity index (χ4v) is 5.48. The van der Waals surface area contributed by atoms with Crippen LogP contribution in [0.25, 0.3) is 0 Å². The zero-order valence-electron chi connectivity index (χ0n) is 17.9. The van der Waals surface area contributed by atoms with Gasteiger partial charge in [-0.1, -0.05) is 0 Å². The molecule has 2 saturated heterocycles. The van der Waals surface area contributed by atoms with E-state index in [2.05, 4.69) is 5.32 Å². The maximum atomic E-state index is 12.9. The summed E-state index contributed by atoms with van der Waals surface area (Å²) >= 11 is 1.25. The third kappa shape index (κ3) is 4.18. The number of ether oxygens (including phenoxy) is 1. The molecule has 1 aromatic heterocycles. The summed E-state index contributed by atoms with van der Waals surface area (Å²) in [5.74, 6) is -0.992. The van der Waals surface area contributed by atoms with Crippen LogP contribution in [0.15, 0.2) is 6.07 Å². The minimum absolute atomic E-state index is 0.215. The average molecular weight is 450 g/mol. The van der Waals surface area contributed by atoms with Crippen LogP contribution in [0.4, 0.5) is 4.79 Å². The number of piperidine rings is 2. The molecule has 0 saturated carbocycles. The van der Waals surface area contributed by atoms with E-state index in [0.29, 0.717) is 42.1 Å². The lowest BCUT2D eigenvalue weighted by Gasteiger charge is -2.38. The largest absolute Gasteiger partial charge is 0.444 e. The molecule has 0 spiro atoms. The molecule has 3 aliphatic rings. The molecule has 0 aliphatic carbocycles. The van der Waals surface area contributed by atoms with Crippen LogP contribution in [0.3, 0.4) is 0 Å². The molecule has 1 unspecified atom stereocenters. The Morgan fingerprint density at radius 2 is 1.94 bits per heavy atom. The molecule has 2 fully saturated rings. The summed E-state index contributed by atoms with van der Waals surface area (Å²) in [6, 6.07) is 1.20. The van der Waals surface area contributed by atoms with Crippen molar-refractivity contribution in [2.75, 3.05) is 13.1 Å². The van der Waals surface area contributed by atoms with E-state index in [0.717, 1.165) is 5.56 Å². The summed E-state index contributed by atoms with van der Waals surface area (Å²) in [6.45, 7) is 6.46. The van der Waals surface area contributed by atoms with Crippen molar-refractivity contribution in [3.05, 3.63) is 21.4 Å². The predicted molar refractivity (Wildman–Crippen MR) is 111 cm³/mol. The van der Waals surface area contributed by atoms with Crippen LogP contribution in [0, 0.1) is 0 Å². The molecule has 4 heterocycles. The number of fused-ring (bicyclic) bond motifs is 1. The van der Waals surface area contributed by atoms with E-state index in [-0.39, 0.29) is 24.8 Å². The van der Waals surface area contributed by atoms with E-state index in [1.165, 1.54) is 16.2 Å². The Labute approximate surface area is 184 Å². The molecule has 10 heteroatoms. The number of rotatable bonds is 2. The van der Waals surface area contributed by atoms with Gasteiger partial charge in [0, 0.05) is 30.9 Å². The summed E-state index contributed by atoms with van der Waals surface area (Å²) in [4.78, 5) is 53.0. The van der Waals surface area contributed by atoms with E-state index in [1.807, 2.05) is 26.8 Å². The Balaban J connectivity index is 1.42. The lowest BCUT2D eigenvalue weighted by Crippen LogP contribution is -2.52. The third-order valence-electron chi connectivity index (χ3n) is 5.89. The van der Waals surface area contributed by atoms with Gasteiger partial charge in [-0.3, -0.25) is 19.7 Å². The Morgan fingerprint density at radius 3 is 2.52 bits per heavy atom. The lowest BCUT2D eigenvalue weighted by atomic mass is 9.89. The van der Waals surface area contributed by atoms with E-state index in [1.54, 1.807) is 4.90 Å². The van der Waals surface area contributed by atoms with Crippen molar-refractivity contribution >= 4 is 35.2 Å². The molecule has 2 N–H and O–H groups in total. The molecule has 0 aromatic carbocycles. The number of nitrogens with zero attached hydrogens (tertiary/aromatic N) is 2. The summed E-state index contributed by atoms with van der Waals surface area (Å²) in [7, 11) is 0. The fraction of sp³-hybridized carbons (Fsp3) is 0.619. The van der Waals surface area contributed by atoms with Crippen molar-refractivity contribution in [3.63, 3.8) is 0 Å². The van der Waals surface area contributed by atoms with Crippen LogP contribution in [-0.4, -0.2) is 63.5 Å². The quantitative estimate of drug-likeness (QED) is 0.665. The van der Waals surface area contributed by atoms with Crippen molar-refractivity contribution < 1.29 is 29.0 Å². The van der Waals surface area contributed by atoms with Gasteiger partial charge in [0.25, 0.3) is 5.91 Å². The number of carbonyl (C=O) groups excluding carboxylic acids is 4. The van der Waals surface area contributed by atoms with Crippen molar-refractivity contribution in [2.24, 2.45) is 0 Å². The van der Waals surface area contributed by atoms with Crippen LogP contribution < -0.4 is 5.32 Å². The van der Waals surface area contributed by atoms with Crippen LogP contribution in [0.1, 0.15) is 66.6 Å². The monoisotopic (exact) mass is 449 g/mol. The highest BCUT2D eigenvalue weighted by Gasteiger charge is 2.43. The van der Waals surface area contributed by atoms with Gasteiger partial charge in [-0.05, 0) is 51.7 Å². The average Bonchev–Trinajstić information content (AvgIpc) is 3.21. The molecule has 31 heavy (non-hydrogen) atoms. The second-order valence-corrected chi connectivity index (χ2v) is 10.4. The van der Waals surface area contributed by atoms with Gasteiger partial charge in [0.05, 0.1) is 4.88 Å². The second-order valence-electron chi connectivity index (χ2n) is 9.36. The van der Waals surface area contributed by atoms with Gasteiger partial charge in [0.2, 0.25) is 11.8 Å². The number of amides is 4. The first-order valence-corrected chi connectivity index (χ1v) is 11.3. The van der Waals surface area contributed by atoms with Crippen molar-refractivity contribution in [1.29, 1.82) is 0 Å². The Bertz CT molecular complexity index is 941. The lowest BCUT2D eigenvalue weighted by molar-refractivity contribution is -0.136. The highest BCUT2D eigenvalue weighted by Crippen LogP contribution is 2.42. The van der Waals surface area contributed by atoms with Crippen LogP contribution in [-0.2, 0) is 26.5 Å². The summed E-state index contributed by atoms with van der Waals surface area (Å²) in [5, 5.41) is 13.5. The maximum absolute atomic E-state index is 12.9. The molecule has 168 valence electrons. The SMILES string of the molecule is CC(C)(C)OC(=O)N1CCC(O)(c2cc3c(s2)C(=O)N(C2CCC(=O)NC2=O)C3)CC1. The molecular formula is C21H27N3O6S. The number of nitrogens with one attached hydrogen (secondary N) is 1. The number of hydrogen-bond donors (Lipinski definition) is 2. The zero-order valence-corrected chi connectivity index (χ0v) is 18.7. The smallest absolute Gasteiger partial charge is 0.410 e. The summed E-state index contributed by atoms with van der Waals surface area (Å²) in [6.07, 6.45) is 0.862. The van der Waals surface area contributed by atoms with E-state index in [4.69, 9.17) is 4.74 Å². The Kier molecular flexibility index (Phi) is 5.33. The molecule has 1 aromatic rings. The first-order chi connectivity index (χ1) is 14.5. The number of imide groups is 1. The number of carbonyl (C=O) groups is 4. The van der Waals surface area contributed by atoms with Gasteiger partial charge >= 0.3 is 6.09 Å². The number of likely N-dealkylation sites (tertiary alicyclic amines) is 1. The van der Waals surface area contributed by atoms with Gasteiger partial charge in [0.15, 0.2) is 0 Å². The Morgan fingerprint density at radius 1 is 1.26 bits per heavy atom. The first-order valence-electron chi connectivity index (χ1n) is 10.4. The van der Waals surface area contributed by atoms with Crippen LogP contribution >= 0.6 is 11.3 Å². The molecular weight excluding hydrogens is 422 g/mol. The maximum Gasteiger partial charge on any atom is 0.410 e. The van der Waals surface area contributed by atoms with Crippen molar-refractivity contribution in [2.45, 2.75) is 70.2 Å². The van der Waals surface area contributed by atoms with Gasteiger partial charge < -0.3 is 19.6 Å². The predicted octanol–water partition coefficient (Wildman–Crippen LogP) is 1.73. The van der Waals surface area contributed by atoms with Gasteiger partial charge in [0.1, 0.15) is 17.2 Å². The van der Waals surface area contributed by atoms with Gasteiger partial charge in [-0.2, -0.15) is 0 Å².